The fourth-order valence-electron chi connectivity index (χ4n) is 0.914. The lowest BCUT2D eigenvalue weighted by molar-refractivity contribution is 0.556. The van der Waals surface area contributed by atoms with Crippen molar-refractivity contribution in [1.82, 2.24) is 5.32 Å². The Morgan fingerprint density at radius 3 is 2.27 bits per heavy atom. The summed E-state index contributed by atoms with van der Waals surface area (Å²) >= 11 is 0. The Morgan fingerprint density at radius 1 is 1.20 bits per heavy atom. The Labute approximate surface area is 93.6 Å². The van der Waals surface area contributed by atoms with Gasteiger partial charge in [-0.15, -0.1) is 11.8 Å². The van der Waals surface area contributed by atoms with E-state index >= 15 is 0 Å². The number of hydrogen-bond donors (Lipinski definition) is 1. The maximum Gasteiger partial charge on any atom is 0.156 e. The van der Waals surface area contributed by atoms with Gasteiger partial charge in [-0.25, -0.2) is 8.42 Å². The molecule has 0 spiro atoms. The largest absolute Gasteiger partial charge is 0.315 e. The number of sulfone groups is 1. The molecule has 0 saturated heterocycles. The van der Waals surface area contributed by atoms with Crippen LogP contribution >= 0.6 is 0 Å². The molecular weight excluding hydrogens is 210 g/mol. The SMILES string of the molecule is CC#CCCNCCS(=O)(=O)C(C)(C)C. The number of rotatable bonds is 5. The normalized spacial score (nSPS) is 12.0. The van der Waals surface area contributed by atoms with E-state index in [4.69, 9.17) is 0 Å². The Hall–Kier alpha value is -0.530. The molecule has 0 unspecified atom stereocenters. The van der Waals surface area contributed by atoms with E-state index in [9.17, 15) is 8.42 Å². The van der Waals surface area contributed by atoms with Gasteiger partial charge in [0.05, 0.1) is 10.5 Å². The molecule has 0 aromatic carbocycles. The number of nitrogens with one attached hydrogen (secondary N) is 1. The Balaban J connectivity index is 3.81. The molecule has 0 bridgehead atoms. The predicted molar refractivity (Wildman–Crippen MR) is 64.5 cm³/mol. The van der Waals surface area contributed by atoms with Crippen molar-refractivity contribution < 1.29 is 8.42 Å². The highest BCUT2D eigenvalue weighted by molar-refractivity contribution is 7.92. The van der Waals surface area contributed by atoms with Gasteiger partial charge in [-0.05, 0) is 27.7 Å². The highest BCUT2D eigenvalue weighted by Gasteiger charge is 2.27. The van der Waals surface area contributed by atoms with Crippen LogP contribution in [-0.2, 0) is 9.84 Å². The Bertz CT molecular complexity index is 328. The highest BCUT2D eigenvalue weighted by Crippen LogP contribution is 2.14. The van der Waals surface area contributed by atoms with Crippen LogP contribution in [0.25, 0.3) is 0 Å². The quantitative estimate of drug-likeness (QED) is 0.571. The Kier molecular flexibility index (Phi) is 5.92. The molecule has 15 heavy (non-hydrogen) atoms. The van der Waals surface area contributed by atoms with Crippen molar-refractivity contribution in [2.75, 3.05) is 18.8 Å². The zero-order valence-corrected chi connectivity index (χ0v) is 10.9. The molecule has 0 fully saturated rings. The molecule has 0 aliphatic rings. The van der Waals surface area contributed by atoms with Crippen LogP contribution in [0.5, 0.6) is 0 Å². The third-order valence-corrected chi connectivity index (χ3v) is 4.69. The molecule has 0 amide bonds. The van der Waals surface area contributed by atoms with Crippen LogP contribution in [0.3, 0.4) is 0 Å². The van der Waals surface area contributed by atoms with E-state index in [-0.39, 0.29) is 5.75 Å². The van der Waals surface area contributed by atoms with Gasteiger partial charge in [0.25, 0.3) is 0 Å². The first kappa shape index (κ1) is 14.5. The highest BCUT2D eigenvalue weighted by atomic mass is 32.2. The average molecular weight is 231 g/mol. The van der Waals surface area contributed by atoms with Crippen LogP contribution in [0.1, 0.15) is 34.1 Å². The first-order chi connectivity index (χ1) is 6.81. The van der Waals surface area contributed by atoms with Crippen molar-refractivity contribution in [1.29, 1.82) is 0 Å². The van der Waals surface area contributed by atoms with Gasteiger partial charge in [-0.2, -0.15) is 0 Å². The second kappa shape index (κ2) is 6.14. The van der Waals surface area contributed by atoms with E-state index in [0.29, 0.717) is 6.54 Å². The lowest BCUT2D eigenvalue weighted by atomic mass is 10.3. The second-order valence-corrected chi connectivity index (χ2v) is 7.22. The van der Waals surface area contributed by atoms with Crippen molar-refractivity contribution in [2.45, 2.75) is 38.9 Å². The predicted octanol–water partition coefficient (Wildman–Crippen LogP) is 1.20. The van der Waals surface area contributed by atoms with Gasteiger partial charge in [0.2, 0.25) is 0 Å². The summed E-state index contributed by atoms with van der Waals surface area (Å²) in [6.45, 7) is 8.23. The smallest absolute Gasteiger partial charge is 0.156 e. The van der Waals surface area contributed by atoms with Crippen molar-refractivity contribution >= 4 is 9.84 Å². The molecule has 88 valence electrons. The van der Waals surface area contributed by atoms with Crippen LogP contribution in [0.2, 0.25) is 0 Å². The minimum atomic E-state index is -2.99. The average Bonchev–Trinajstić information content (AvgIpc) is 2.09. The molecule has 0 rings (SSSR count). The summed E-state index contributed by atoms with van der Waals surface area (Å²) in [5.41, 5.74) is 0. The third-order valence-electron chi connectivity index (χ3n) is 2.08. The van der Waals surface area contributed by atoms with E-state index in [1.54, 1.807) is 27.7 Å². The molecule has 0 aromatic rings. The fraction of sp³-hybridized carbons (Fsp3) is 0.818. The topological polar surface area (TPSA) is 46.2 Å². The summed E-state index contributed by atoms with van der Waals surface area (Å²) in [7, 11) is -2.99. The third kappa shape index (κ3) is 5.81. The second-order valence-electron chi connectivity index (χ2n) is 4.36. The first-order valence-corrected chi connectivity index (χ1v) is 6.79. The zero-order valence-electron chi connectivity index (χ0n) is 10.1. The molecule has 3 nitrogen and oxygen atoms in total. The molecule has 0 aliphatic carbocycles. The van der Waals surface area contributed by atoms with Crippen LogP contribution in [0, 0.1) is 11.8 Å². The monoisotopic (exact) mass is 231 g/mol. The molecule has 0 aromatic heterocycles. The van der Waals surface area contributed by atoms with E-state index in [2.05, 4.69) is 17.2 Å². The van der Waals surface area contributed by atoms with Crippen LogP contribution in [-0.4, -0.2) is 32.0 Å². The first-order valence-electron chi connectivity index (χ1n) is 5.14. The van der Waals surface area contributed by atoms with Crippen LogP contribution in [0.15, 0.2) is 0 Å². The molecule has 4 heteroatoms. The standard InChI is InChI=1S/C11H21NO2S/c1-5-6-7-8-12-9-10-15(13,14)11(2,3)4/h12H,7-10H2,1-4H3. The maximum absolute atomic E-state index is 11.7. The van der Waals surface area contributed by atoms with E-state index < -0.39 is 14.6 Å². The summed E-state index contributed by atoms with van der Waals surface area (Å²) in [6.07, 6.45) is 0.770. The van der Waals surface area contributed by atoms with Crippen molar-refractivity contribution in [2.24, 2.45) is 0 Å². The summed E-state index contributed by atoms with van der Waals surface area (Å²) < 4.78 is 22.7. The fourth-order valence-corrected chi connectivity index (χ4v) is 1.94. The van der Waals surface area contributed by atoms with E-state index in [1.165, 1.54) is 0 Å². The van der Waals surface area contributed by atoms with Crippen molar-refractivity contribution in [3.05, 3.63) is 0 Å². The zero-order chi connectivity index (χ0) is 11.9. The van der Waals surface area contributed by atoms with Gasteiger partial charge in [0.15, 0.2) is 9.84 Å². The van der Waals surface area contributed by atoms with Gasteiger partial charge in [-0.1, -0.05) is 0 Å². The minimum Gasteiger partial charge on any atom is -0.315 e. The van der Waals surface area contributed by atoms with Crippen molar-refractivity contribution in [3.8, 4) is 11.8 Å². The number of hydrogen-bond acceptors (Lipinski definition) is 3. The minimum absolute atomic E-state index is 0.191. The summed E-state index contributed by atoms with van der Waals surface area (Å²) in [6, 6.07) is 0. The Morgan fingerprint density at radius 2 is 1.80 bits per heavy atom. The lowest BCUT2D eigenvalue weighted by Crippen LogP contribution is -2.34. The van der Waals surface area contributed by atoms with Gasteiger partial charge in [0, 0.05) is 19.5 Å². The molecule has 0 heterocycles. The van der Waals surface area contributed by atoms with Crippen LogP contribution in [0.4, 0.5) is 0 Å². The van der Waals surface area contributed by atoms with E-state index in [0.717, 1.165) is 13.0 Å². The van der Waals surface area contributed by atoms with Crippen LogP contribution < -0.4 is 5.32 Å². The molecule has 0 aliphatic heterocycles. The summed E-state index contributed by atoms with van der Waals surface area (Å²) in [4.78, 5) is 0. The molecule has 0 saturated carbocycles. The lowest BCUT2D eigenvalue weighted by Gasteiger charge is -2.18. The van der Waals surface area contributed by atoms with Gasteiger partial charge in [-0.3, -0.25) is 0 Å². The van der Waals surface area contributed by atoms with E-state index in [1.807, 2.05) is 0 Å². The maximum atomic E-state index is 11.7. The molecule has 0 atom stereocenters. The van der Waals surface area contributed by atoms with Gasteiger partial charge in [0.1, 0.15) is 0 Å². The van der Waals surface area contributed by atoms with Gasteiger partial charge >= 0.3 is 0 Å². The van der Waals surface area contributed by atoms with Gasteiger partial charge < -0.3 is 5.32 Å². The summed E-state index contributed by atoms with van der Waals surface area (Å²) in [5, 5.41) is 3.07. The molecule has 0 radical (unpaired) electrons. The molecular formula is C11H21NO2S. The summed E-state index contributed by atoms with van der Waals surface area (Å²) in [5.74, 6) is 5.90. The van der Waals surface area contributed by atoms with Crippen molar-refractivity contribution in [3.63, 3.8) is 0 Å². The molecule has 1 N–H and O–H groups in total.